The van der Waals surface area contributed by atoms with Gasteiger partial charge < -0.3 is 0 Å². The van der Waals surface area contributed by atoms with Crippen molar-refractivity contribution in [3.63, 3.8) is 0 Å². The summed E-state index contributed by atoms with van der Waals surface area (Å²) in [4.78, 5) is 0. The largest absolute Gasteiger partial charge is 0.0956 e. The Bertz CT molecular complexity index is 129. The van der Waals surface area contributed by atoms with Crippen molar-refractivity contribution < 1.29 is 0 Å². The summed E-state index contributed by atoms with van der Waals surface area (Å²) in [5.74, 6) is 0. The van der Waals surface area contributed by atoms with Crippen LogP contribution in [0.3, 0.4) is 0 Å². The van der Waals surface area contributed by atoms with Crippen molar-refractivity contribution in [3.8, 4) is 0 Å². The second kappa shape index (κ2) is 5.28. The van der Waals surface area contributed by atoms with Crippen molar-refractivity contribution in [2.45, 2.75) is 40.0 Å². The molecule has 0 aromatic rings. The summed E-state index contributed by atoms with van der Waals surface area (Å²) in [5.41, 5.74) is 2.64. The maximum Gasteiger partial charge on any atom is -0.0282 e. The highest BCUT2D eigenvalue weighted by molar-refractivity contribution is 5.24. The van der Waals surface area contributed by atoms with Gasteiger partial charge in [0.25, 0.3) is 0 Å². The molecule has 58 valence electrons. The minimum atomic E-state index is 1.16. The lowest BCUT2D eigenvalue weighted by Crippen LogP contribution is -1.82. The summed E-state index contributed by atoms with van der Waals surface area (Å²) < 4.78 is 0. The number of allylic oxidation sites excluding steroid dienone is 3. The van der Waals surface area contributed by atoms with E-state index in [0.29, 0.717) is 0 Å². The van der Waals surface area contributed by atoms with E-state index in [9.17, 15) is 0 Å². The van der Waals surface area contributed by atoms with E-state index in [2.05, 4.69) is 33.4 Å². The maximum atomic E-state index is 3.99. The van der Waals surface area contributed by atoms with Crippen molar-refractivity contribution >= 4 is 0 Å². The monoisotopic (exact) mass is 138 g/mol. The van der Waals surface area contributed by atoms with Crippen LogP contribution in [0.2, 0.25) is 0 Å². The van der Waals surface area contributed by atoms with Gasteiger partial charge in [0.1, 0.15) is 0 Å². The molecule has 0 aromatic heterocycles. The Morgan fingerprint density at radius 3 is 2.50 bits per heavy atom. The molecule has 0 bridgehead atoms. The maximum absolute atomic E-state index is 3.99. The fourth-order valence-electron chi connectivity index (χ4n) is 0.791. The zero-order valence-corrected chi connectivity index (χ0v) is 7.41. The minimum Gasteiger partial charge on any atom is -0.0956 e. The molecular weight excluding hydrogens is 120 g/mol. The van der Waals surface area contributed by atoms with Gasteiger partial charge in [-0.25, -0.2) is 0 Å². The normalized spacial score (nSPS) is 11.7. The average molecular weight is 138 g/mol. The van der Waals surface area contributed by atoms with Crippen molar-refractivity contribution in [3.05, 3.63) is 23.8 Å². The average Bonchev–Trinajstić information content (AvgIpc) is 1.98. The van der Waals surface area contributed by atoms with Crippen LogP contribution in [0.5, 0.6) is 0 Å². The van der Waals surface area contributed by atoms with Crippen LogP contribution in [0, 0.1) is 0 Å². The number of unbranched alkanes of at least 4 members (excludes halogenated alkanes) is 1. The highest BCUT2D eigenvalue weighted by atomic mass is 14.0. The van der Waals surface area contributed by atoms with Crippen LogP contribution < -0.4 is 0 Å². The first-order valence-corrected chi connectivity index (χ1v) is 4.03. The zero-order valence-electron chi connectivity index (χ0n) is 7.41. The van der Waals surface area contributed by atoms with E-state index in [4.69, 9.17) is 0 Å². The summed E-state index contributed by atoms with van der Waals surface area (Å²) in [6.07, 6.45) is 5.81. The van der Waals surface area contributed by atoms with Gasteiger partial charge >= 0.3 is 0 Å². The SMILES string of the molecule is C=C(CCCC)C(C)=CC. The Labute approximate surface area is 64.6 Å². The van der Waals surface area contributed by atoms with E-state index in [1.165, 1.54) is 24.0 Å². The van der Waals surface area contributed by atoms with Gasteiger partial charge in [0.15, 0.2) is 0 Å². The Morgan fingerprint density at radius 1 is 1.50 bits per heavy atom. The van der Waals surface area contributed by atoms with Gasteiger partial charge in [-0.1, -0.05) is 37.1 Å². The molecule has 0 rings (SSSR count). The molecule has 0 atom stereocenters. The van der Waals surface area contributed by atoms with E-state index in [0.717, 1.165) is 6.42 Å². The fourth-order valence-corrected chi connectivity index (χ4v) is 0.791. The van der Waals surface area contributed by atoms with Crippen molar-refractivity contribution in [1.29, 1.82) is 0 Å². The summed E-state index contributed by atoms with van der Waals surface area (Å²) in [6.45, 7) is 10.4. The third-order valence-corrected chi connectivity index (χ3v) is 1.82. The number of hydrogen-bond donors (Lipinski definition) is 0. The number of rotatable bonds is 4. The lowest BCUT2D eigenvalue weighted by Gasteiger charge is -2.02. The molecule has 0 saturated heterocycles. The van der Waals surface area contributed by atoms with Gasteiger partial charge in [-0.05, 0) is 26.7 Å². The third-order valence-electron chi connectivity index (χ3n) is 1.82. The molecule has 0 aliphatic carbocycles. The van der Waals surface area contributed by atoms with Crippen LogP contribution in [0.4, 0.5) is 0 Å². The molecule has 0 aromatic carbocycles. The third kappa shape index (κ3) is 3.49. The molecule has 0 saturated carbocycles. The second-order valence-electron chi connectivity index (χ2n) is 2.68. The molecule has 0 radical (unpaired) electrons. The van der Waals surface area contributed by atoms with Crippen LogP contribution in [0.1, 0.15) is 40.0 Å². The minimum absolute atomic E-state index is 1.16. The molecule has 0 aliphatic rings. The van der Waals surface area contributed by atoms with Crippen molar-refractivity contribution in [1.82, 2.24) is 0 Å². The summed E-state index contributed by atoms with van der Waals surface area (Å²) in [6, 6.07) is 0. The van der Waals surface area contributed by atoms with Gasteiger partial charge in [-0.15, -0.1) is 0 Å². The summed E-state index contributed by atoms with van der Waals surface area (Å²) in [5, 5.41) is 0. The molecule has 0 amide bonds. The van der Waals surface area contributed by atoms with E-state index in [-0.39, 0.29) is 0 Å². The van der Waals surface area contributed by atoms with Gasteiger partial charge in [-0.3, -0.25) is 0 Å². The van der Waals surface area contributed by atoms with Crippen LogP contribution in [-0.2, 0) is 0 Å². The first-order valence-electron chi connectivity index (χ1n) is 4.03. The van der Waals surface area contributed by atoms with Gasteiger partial charge in [0, 0.05) is 0 Å². The Hall–Kier alpha value is -0.520. The first kappa shape index (κ1) is 9.48. The fraction of sp³-hybridized carbons (Fsp3) is 0.600. The van der Waals surface area contributed by atoms with Crippen LogP contribution in [0.25, 0.3) is 0 Å². The number of hydrogen-bond acceptors (Lipinski definition) is 0. The van der Waals surface area contributed by atoms with Crippen molar-refractivity contribution in [2.24, 2.45) is 0 Å². The van der Waals surface area contributed by atoms with Gasteiger partial charge in [-0.2, -0.15) is 0 Å². The molecule has 0 heterocycles. The molecule has 0 N–H and O–H groups in total. The molecule has 0 heteroatoms. The van der Waals surface area contributed by atoms with E-state index in [1.807, 2.05) is 0 Å². The molecule has 10 heavy (non-hydrogen) atoms. The summed E-state index contributed by atoms with van der Waals surface area (Å²) >= 11 is 0. The predicted molar refractivity (Wildman–Crippen MR) is 48.1 cm³/mol. The predicted octanol–water partition coefficient (Wildman–Crippen LogP) is 3.70. The summed E-state index contributed by atoms with van der Waals surface area (Å²) in [7, 11) is 0. The van der Waals surface area contributed by atoms with Crippen LogP contribution in [-0.4, -0.2) is 0 Å². The lowest BCUT2D eigenvalue weighted by atomic mass is 10.0. The molecule has 0 nitrogen and oxygen atoms in total. The zero-order chi connectivity index (χ0) is 7.98. The molecule has 0 aliphatic heterocycles. The second-order valence-corrected chi connectivity index (χ2v) is 2.68. The lowest BCUT2D eigenvalue weighted by molar-refractivity contribution is 0.793. The van der Waals surface area contributed by atoms with E-state index < -0.39 is 0 Å². The Balaban J connectivity index is 3.63. The van der Waals surface area contributed by atoms with E-state index in [1.54, 1.807) is 0 Å². The Morgan fingerprint density at radius 2 is 2.10 bits per heavy atom. The highest BCUT2D eigenvalue weighted by Gasteiger charge is 1.93. The standard InChI is InChI=1S/C10H18/c1-5-7-8-10(4)9(3)6-2/h6H,4-5,7-8H2,1-3H3. The topological polar surface area (TPSA) is 0 Å². The van der Waals surface area contributed by atoms with Gasteiger partial charge in [0.05, 0.1) is 0 Å². The first-order chi connectivity index (χ1) is 4.72. The molecule has 0 spiro atoms. The smallest absolute Gasteiger partial charge is 0.0282 e. The molecule has 0 fully saturated rings. The Kier molecular flexibility index (Phi) is 5.00. The van der Waals surface area contributed by atoms with Gasteiger partial charge in [0.2, 0.25) is 0 Å². The van der Waals surface area contributed by atoms with E-state index >= 15 is 0 Å². The van der Waals surface area contributed by atoms with Crippen molar-refractivity contribution in [2.75, 3.05) is 0 Å². The van der Waals surface area contributed by atoms with Crippen LogP contribution >= 0.6 is 0 Å². The van der Waals surface area contributed by atoms with Crippen LogP contribution in [0.15, 0.2) is 23.8 Å². The molecular formula is C10H18. The molecule has 0 unspecified atom stereocenters. The highest BCUT2D eigenvalue weighted by Crippen LogP contribution is 2.13. The quantitative estimate of drug-likeness (QED) is 0.520.